The quantitative estimate of drug-likeness (QED) is 0.748. The van der Waals surface area contributed by atoms with E-state index in [0.29, 0.717) is 22.9 Å². The van der Waals surface area contributed by atoms with Crippen LogP contribution in [0.15, 0.2) is 24.7 Å². The molecule has 0 atom stereocenters. The van der Waals surface area contributed by atoms with E-state index in [9.17, 15) is 4.79 Å². The van der Waals surface area contributed by atoms with E-state index in [1.807, 2.05) is 13.0 Å². The smallest absolute Gasteiger partial charge is 0.306 e. The lowest BCUT2D eigenvalue weighted by molar-refractivity contribution is 0.262. The van der Waals surface area contributed by atoms with Gasteiger partial charge in [-0.25, -0.2) is 14.8 Å². The Labute approximate surface area is 147 Å². The molecule has 0 saturated heterocycles. The Hall–Kier alpha value is -3.05. The highest BCUT2D eigenvalue weighted by molar-refractivity contribution is 7.18. The number of hydrogen-bond donors (Lipinski definition) is 2. The summed E-state index contributed by atoms with van der Waals surface area (Å²) in [5.41, 5.74) is 3.48. The molecule has 2 N–H and O–H groups in total. The number of rotatable bonds is 3. The number of amides is 2. The normalized spacial score (nSPS) is 13.4. The van der Waals surface area contributed by atoms with Gasteiger partial charge in [0, 0.05) is 11.8 Å². The molecule has 0 unspecified atom stereocenters. The van der Waals surface area contributed by atoms with Gasteiger partial charge < -0.3 is 10.6 Å². The molecule has 7 nitrogen and oxygen atoms in total. The Bertz CT molecular complexity index is 1020. The summed E-state index contributed by atoms with van der Waals surface area (Å²) in [6.45, 7) is 1.96. The first-order chi connectivity index (χ1) is 12.1. The number of nitrogens with one attached hydrogen (secondary N) is 2. The number of carbonyl (C=O) groups is 1. The number of nitrogens with zero attached hydrogens (tertiary/aromatic N) is 4. The predicted octanol–water partition coefficient (Wildman–Crippen LogP) is 3.79. The van der Waals surface area contributed by atoms with E-state index in [-0.39, 0.29) is 0 Å². The minimum atomic E-state index is -0.396. The molecule has 8 heteroatoms. The van der Waals surface area contributed by atoms with Crippen LogP contribution in [0, 0.1) is 18.3 Å². The Morgan fingerprint density at radius 2 is 2.16 bits per heavy atom. The first-order valence-corrected chi connectivity index (χ1v) is 8.65. The van der Waals surface area contributed by atoms with Crippen molar-refractivity contribution in [2.24, 2.45) is 0 Å². The molecule has 3 aromatic rings. The molecule has 1 fully saturated rings. The first-order valence-electron chi connectivity index (χ1n) is 7.83. The van der Waals surface area contributed by atoms with Crippen molar-refractivity contribution in [1.82, 2.24) is 15.0 Å². The fraction of sp³-hybridized carbons (Fsp3) is 0.235. The molecule has 25 heavy (non-hydrogen) atoms. The van der Waals surface area contributed by atoms with Gasteiger partial charge in [0.2, 0.25) is 0 Å². The monoisotopic (exact) mass is 350 g/mol. The number of aromatic nitrogens is 3. The van der Waals surface area contributed by atoms with Crippen LogP contribution in [-0.2, 0) is 0 Å². The van der Waals surface area contributed by atoms with Crippen LogP contribution in [-0.4, -0.2) is 21.0 Å². The van der Waals surface area contributed by atoms with Crippen molar-refractivity contribution in [2.45, 2.75) is 25.7 Å². The van der Waals surface area contributed by atoms with Gasteiger partial charge in [-0.05, 0) is 31.7 Å². The van der Waals surface area contributed by atoms with Crippen molar-refractivity contribution in [3.63, 3.8) is 0 Å². The van der Waals surface area contributed by atoms with Crippen molar-refractivity contribution in [2.75, 3.05) is 10.6 Å². The average molecular weight is 350 g/mol. The second-order valence-corrected chi connectivity index (χ2v) is 7.08. The SMILES string of the molecule is Cc1nc2c(C3CC3)c(NC(=O)Nc3cncc(C#N)c3)cnc2s1. The van der Waals surface area contributed by atoms with Gasteiger partial charge in [0.05, 0.1) is 34.3 Å². The van der Waals surface area contributed by atoms with Gasteiger partial charge in [-0.1, -0.05) is 11.3 Å². The lowest BCUT2D eigenvalue weighted by Crippen LogP contribution is -2.20. The largest absolute Gasteiger partial charge is 0.323 e. The average Bonchev–Trinajstić information content (AvgIpc) is 3.35. The highest BCUT2D eigenvalue weighted by atomic mass is 32.1. The molecule has 1 saturated carbocycles. The van der Waals surface area contributed by atoms with E-state index >= 15 is 0 Å². The molecule has 0 bridgehead atoms. The van der Waals surface area contributed by atoms with Crippen molar-refractivity contribution in [3.05, 3.63) is 40.8 Å². The summed E-state index contributed by atoms with van der Waals surface area (Å²) in [7, 11) is 0. The molecule has 0 spiro atoms. The molecule has 3 heterocycles. The predicted molar refractivity (Wildman–Crippen MR) is 95.7 cm³/mol. The number of hydrogen-bond acceptors (Lipinski definition) is 6. The van der Waals surface area contributed by atoms with Gasteiger partial charge in [0.1, 0.15) is 16.4 Å². The van der Waals surface area contributed by atoms with E-state index < -0.39 is 6.03 Å². The summed E-state index contributed by atoms with van der Waals surface area (Å²) in [6, 6.07) is 3.17. The molecule has 4 rings (SSSR count). The molecule has 1 aliphatic carbocycles. The molecular weight excluding hydrogens is 336 g/mol. The minimum absolute atomic E-state index is 0.387. The van der Waals surface area contributed by atoms with Gasteiger partial charge in [0.25, 0.3) is 0 Å². The number of fused-ring (bicyclic) bond motifs is 1. The van der Waals surface area contributed by atoms with Crippen molar-refractivity contribution >= 4 is 39.1 Å². The summed E-state index contributed by atoms with van der Waals surface area (Å²) in [5.74, 6) is 0.422. The lowest BCUT2D eigenvalue weighted by atomic mass is 10.1. The van der Waals surface area contributed by atoms with E-state index in [1.54, 1.807) is 23.6 Å². The Balaban J connectivity index is 1.60. The van der Waals surface area contributed by atoms with Crippen LogP contribution in [0.25, 0.3) is 10.3 Å². The second-order valence-electron chi connectivity index (χ2n) is 5.90. The zero-order chi connectivity index (χ0) is 17.4. The molecule has 124 valence electrons. The molecular formula is C17H14N6OS. The molecule has 2 amide bonds. The molecule has 1 aliphatic rings. The number of anilines is 2. The standard InChI is InChI=1S/C17H14N6OS/c1-9-21-15-14(11-2-3-11)13(8-20-16(15)25-9)23-17(24)22-12-4-10(5-18)6-19-7-12/h4,6-8,11H,2-3H2,1H3,(H2,22,23,24). The van der Waals surface area contributed by atoms with Crippen LogP contribution in [0.4, 0.5) is 16.2 Å². The zero-order valence-corrected chi connectivity index (χ0v) is 14.2. The maximum Gasteiger partial charge on any atom is 0.323 e. The van der Waals surface area contributed by atoms with Crippen molar-refractivity contribution < 1.29 is 4.79 Å². The van der Waals surface area contributed by atoms with E-state index in [1.165, 1.54) is 12.4 Å². The zero-order valence-electron chi connectivity index (χ0n) is 13.4. The first kappa shape index (κ1) is 15.5. The van der Waals surface area contributed by atoms with Crippen molar-refractivity contribution in [1.29, 1.82) is 5.26 Å². The highest BCUT2D eigenvalue weighted by Gasteiger charge is 2.30. The molecule has 3 aromatic heterocycles. The number of aryl methyl sites for hydroxylation is 1. The van der Waals surface area contributed by atoms with Gasteiger partial charge in [0.15, 0.2) is 0 Å². The van der Waals surface area contributed by atoms with Crippen LogP contribution in [0.1, 0.15) is 34.9 Å². The van der Waals surface area contributed by atoms with Crippen LogP contribution < -0.4 is 10.6 Å². The number of urea groups is 1. The third-order valence-electron chi connectivity index (χ3n) is 3.93. The lowest BCUT2D eigenvalue weighted by Gasteiger charge is -2.11. The summed E-state index contributed by atoms with van der Waals surface area (Å²) < 4.78 is 0. The van der Waals surface area contributed by atoms with Crippen LogP contribution in [0.3, 0.4) is 0 Å². The summed E-state index contributed by atoms with van der Waals surface area (Å²) in [5, 5.41) is 15.4. The van der Waals surface area contributed by atoms with Gasteiger partial charge in [-0.15, -0.1) is 0 Å². The van der Waals surface area contributed by atoms with E-state index in [4.69, 9.17) is 5.26 Å². The topological polar surface area (TPSA) is 104 Å². The third-order valence-corrected chi connectivity index (χ3v) is 4.81. The van der Waals surface area contributed by atoms with Crippen LogP contribution in [0.2, 0.25) is 0 Å². The second kappa shape index (κ2) is 6.11. The van der Waals surface area contributed by atoms with E-state index in [2.05, 4.69) is 25.6 Å². The summed E-state index contributed by atoms with van der Waals surface area (Å²) in [6.07, 6.45) is 6.82. The third kappa shape index (κ3) is 3.14. The molecule has 0 radical (unpaired) electrons. The number of nitriles is 1. The van der Waals surface area contributed by atoms with E-state index in [0.717, 1.165) is 33.8 Å². The Morgan fingerprint density at radius 1 is 1.32 bits per heavy atom. The number of thiazole rings is 1. The minimum Gasteiger partial charge on any atom is -0.306 e. The van der Waals surface area contributed by atoms with Crippen molar-refractivity contribution in [3.8, 4) is 6.07 Å². The fourth-order valence-corrected chi connectivity index (χ4v) is 3.51. The van der Waals surface area contributed by atoms with Gasteiger partial charge in [-0.2, -0.15) is 5.26 Å². The van der Waals surface area contributed by atoms with Crippen LogP contribution in [0.5, 0.6) is 0 Å². The molecule has 0 aromatic carbocycles. The van der Waals surface area contributed by atoms with Gasteiger partial charge >= 0.3 is 6.03 Å². The fourth-order valence-electron chi connectivity index (χ4n) is 2.74. The highest BCUT2D eigenvalue weighted by Crippen LogP contribution is 2.46. The maximum absolute atomic E-state index is 12.3. The Kier molecular flexibility index (Phi) is 3.78. The van der Waals surface area contributed by atoms with Gasteiger partial charge in [-0.3, -0.25) is 4.98 Å². The Morgan fingerprint density at radius 3 is 2.92 bits per heavy atom. The summed E-state index contributed by atoms with van der Waals surface area (Å²) in [4.78, 5) is 26.2. The number of carbonyl (C=O) groups excluding carboxylic acids is 1. The maximum atomic E-state index is 12.3. The summed E-state index contributed by atoms with van der Waals surface area (Å²) >= 11 is 1.56. The van der Waals surface area contributed by atoms with Crippen LogP contribution >= 0.6 is 11.3 Å². The number of pyridine rings is 2. The molecule has 0 aliphatic heterocycles.